The number of amides is 3. The van der Waals surface area contributed by atoms with E-state index in [0.717, 1.165) is 5.56 Å². The quantitative estimate of drug-likeness (QED) is 0.533. The van der Waals surface area contributed by atoms with E-state index in [1.165, 1.54) is 19.1 Å². The van der Waals surface area contributed by atoms with Crippen LogP contribution in [-0.2, 0) is 4.79 Å². The minimum absolute atomic E-state index is 0.186. The zero-order valence-electron chi connectivity index (χ0n) is 18.5. The Kier molecular flexibility index (Phi) is 7.69. The van der Waals surface area contributed by atoms with Crippen molar-refractivity contribution in [3.63, 3.8) is 0 Å². The van der Waals surface area contributed by atoms with Gasteiger partial charge in [0.25, 0.3) is 11.8 Å². The van der Waals surface area contributed by atoms with Gasteiger partial charge in [-0.25, -0.2) is 0 Å². The van der Waals surface area contributed by atoms with E-state index in [-0.39, 0.29) is 18.4 Å². The lowest BCUT2D eigenvalue weighted by atomic mass is 10.1. The summed E-state index contributed by atoms with van der Waals surface area (Å²) in [6.07, 6.45) is 0. The molecule has 0 spiro atoms. The second-order valence-electron chi connectivity index (χ2n) is 7.40. The molecule has 3 aromatic rings. The highest BCUT2D eigenvalue weighted by atomic mass is 35.5. The molecule has 0 unspecified atom stereocenters. The molecular weight excluding hydrogens is 442 g/mol. The Morgan fingerprint density at radius 1 is 0.909 bits per heavy atom. The molecule has 8 heteroatoms. The van der Waals surface area contributed by atoms with Gasteiger partial charge in [0.15, 0.2) is 0 Å². The fraction of sp³-hybridized carbons (Fsp3) is 0.160. The molecule has 0 saturated carbocycles. The number of carbonyl (C=O) groups is 3. The van der Waals surface area contributed by atoms with Crippen LogP contribution in [0.5, 0.6) is 5.75 Å². The first-order valence-electron chi connectivity index (χ1n) is 10.1. The van der Waals surface area contributed by atoms with E-state index in [9.17, 15) is 14.4 Å². The molecule has 2 N–H and O–H groups in total. The Bertz CT molecular complexity index is 1180. The monoisotopic (exact) mass is 465 g/mol. The maximum absolute atomic E-state index is 12.9. The van der Waals surface area contributed by atoms with Gasteiger partial charge in [0.1, 0.15) is 5.75 Å². The molecule has 0 bridgehead atoms. The molecule has 0 heterocycles. The van der Waals surface area contributed by atoms with Gasteiger partial charge in [-0.3, -0.25) is 14.4 Å². The first-order valence-corrected chi connectivity index (χ1v) is 10.5. The number of nitrogens with one attached hydrogen (secondary N) is 2. The molecule has 3 aromatic carbocycles. The third kappa shape index (κ3) is 6.11. The van der Waals surface area contributed by atoms with E-state index in [2.05, 4.69) is 10.6 Å². The van der Waals surface area contributed by atoms with Gasteiger partial charge in [0.2, 0.25) is 5.91 Å². The highest BCUT2D eigenvalue weighted by Crippen LogP contribution is 2.27. The fourth-order valence-electron chi connectivity index (χ4n) is 3.15. The van der Waals surface area contributed by atoms with Gasteiger partial charge in [0, 0.05) is 28.9 Å². The Morgan fingerprint density at radius 2 is 1.64 bits per heavy atom. The molecular formula is C25H24ClN3O4. The van der Waals surface area contributed by atoms with Gasteiger partial charge < -0.3 is 20.3 Å². The highest BCUT2D eigenvalue weighted by molar-refractivity contribution is 6.31. The van der Waals surface area contributed by atoms with E-state index < -0.39 is 5.91 Å². The van der Waals surface area contributed by atoms with Gasteiger partial charge in [-0.15, -0.1) is 0 Å². The summed E-state index contributed by atoms with van der Waals surface area (Å²) in [5, 5.41) is 5.99. The normalized spacial score (nSPS) is 10.3. The van der Waals surface area contributed by atoms with Crippen molar-refractivity contribution in [2.24, 2.45) is 0 Å². The lowest BCUT2D eigenvalue weighted by Crippen LogP contribution is -2.35. The Hall–Kier alpha value is -3.84. The summed E-state index contributed by atoms with van der Waals surface area (Å²) in [4.78, 5) is 39.2. The minimum atomic E-state index is -0.406. The number of hydrogen-bond donors (Lipinski definition) is 2. The van der Waals surface area contributed by atoms with Gasteiger partial charge in [-0.2, -0.15) is 0 Å². The van der Waals surface area contributed by atoms with E-state index in [1.54, 1.807) is 60.7 Å². The van der Waals surface area contributed by atoms with Crippen LogP contribution in [0.25, 0.3) is 0 Å². The molecule has 0 radical (unpaired) electrons. The lowest BCUT2D eigenvalue weighted by molar-refractivity contribution is -0.116. The van der Waals surface area contributed by atoms with Crippen molar-refractivity contribution in [2.45, 2.75) is 6.92 Å². The van der Waals surface area contributed by atoms with Gasteiger partial charge in [-0.1, -0.05) is 35.9 Å². The second kappa shape index (κ2) is 10.7. The summed E-state index contributed by atoms with van der Waals surface area (Å²) in [5.41, 5.74) is 2.61. The van der Waals surface area contributed by atoms with Crippen molar-refractivity contribution in [3.05, 3.63) is 88.4 Å². The van der Waals surface area contributed by atoms with Gasteiger partial charge in [0.05, 0.1) is 19.3 Å². The molecule has 3 rings (SSSR count). The maximum Gasteiger partial charge on any atom is 0.255 e. The molecule has 0 atom stereocenters. The summed E-state index contributed by atoms with van der Waals surface area (Å²) >= 11 is 5.99. The second-order valence-corrected chi connectivity index (χ2v) is 7.84. The van der Waals surface area contributed by atoms with E-state index in [1.807, 2.05) is 13.0 Å². The number of anilines is 2. The van der Waals surface area contributed by atoms with Crippen molar-refractivity contribution in [3.8, 4) is 5.75 Å². The number of aryl methyl sites for hydroxylation is 1. The van der Waals surface area contributed by atoms with Crippen LogP contribution in [-0.4, -0.2) is 43.3 Å². The minimum Gasteiger partial charge on any atom is -0.495 e. The average Bonchev–Trinajstić information content (AvgIpc) is 2.80. The van der Waals surface area contributed by atoms with E-state index in [4.69, 9.17) is 16.3 Å². The molecule has 0 saturated heterocycles. The van der Waals surface area contributed by atoms with Crippen molar-refractivity contribution in [2.75, 3.05) is 31.3 Å². The third-order valence-corrected chi connectivity index (χ3v) is 5.17. The largest absolute Gasteiger partial charge is 0.495 e. The average molecular weight is 466 g/mol. The molecule has 0 aliphatic rings. The SMILES string of the molecule is COc1ccc(Cl)cc1NC(=O)CN(C)C(=O)c1ccc(C)c(NC(=O)c2ccccc2)c1. The number of benzene rings is 3. The van der Waals surface area contributed by atoms with E-state index >= 15 is 0 Å². The number of hydrogen-bond acceptors (Lipinski definition) is 4. The molecule has 3 amide bonds. The van der Waals surface area contributed by atoms with Crippen LogP contribution in [0.2, 0.25) is 5.02 Å². The van der Waals surface area contributed by atoms with Crippen molar-refractivity contribution in [1.29, 1.82) is 0 Å². The third-order valence-electron chi connectivity index (χ3n) is 4.93. The van der Waals surface area contributed by atoms with Crippen LogP contribution in [0.3, 0.4) is 0 Å². The van der Waals surface area contributed by atoms with Crippen LogP contribution < -0.4 is 15.4 Å². The van der Waals surface area contributed by atoms with Gasteiger partial charge in [-0.05, 0) is 55.0 Å². The highest BCUT2D eigenvalue weighted by Gasteiger charge is 2.18. The molecule has 7 nitrogen and oxygen atoms in total. The predicted molar refractivity (Wildman–Crippen MR) is 129 cm³/mol. The number of rotatable bonds is 7. The molecule has 170 valence electrons. The number of methoxy groups -OCH3 is 1. The molecule has 0 fully saturated rings. The number of ether oxygens (including phenoxy) is 1. The number of carbonyl (C=O) groups excluding carboxylic acids is 3. The topological polar surface area (TPSA) is 87.7 Å². The summed E-state index contributed by atoms with van der Waals surface area (Å²) in [6.45, 7) is 1.65. The summed E-state index contributed by atoms with van der Waals surface area (Å²) in [5.74, 6) is -0.583. The predicted octanol–water partition coefficient (Wildman–Crippen LogP) is 4.62. The van der Waals surface area contributed by atoms with Crippen LogP contribution in [0.1, 0.15) is 26.3 Å². The zero-order valence-corrected chi connectivity index (χ0v) is 19.3. The Labute approximate surface area is 197 Å². The molecule has 0 aliphatic carbocycles. The Balaban J connectivity index is 1.69. The van der Waals surface area contributed by atoms with Crippen LogP contribution >= 0.6 is 11.6 Å². The van der Waals surface area contributed by atoms with Crippen LogP contribution in [0.15, 0.2) is 66.7 Å². The Morgan fingerprint density at radius 3 is 2.33 bits per heavy atom. The van der Waals surface area contributed by atoms with Crippen molar-refractivity contribution < 1.29 is 19.1 Å². The summed E-state index contributed by atoms with van der Waals surface area (Å²) in [7, 11) is 3.01. The zero-order chi connectivity index (χ0) is 24.0. The first kappa shape index (κ1) is 23.8. The lowest BCUT2D eigenvalue weighted by Gasteiger charge is -2.18. The fourth-order valence-corrected chi connectivity index (χ4v) is 3.32. The smallest absolute Gasteiger partial charge is 0.255 e. The summed E-state index contributed by atoms with van der Waals surface area (Å²) < 4.78 is 5.22. The van der Waals surface area contributed by atoms with Crippen molar-refractivity contribution in [1.82, 2.24) is 4.90 Å². The van der Waals surface area contributed by atoms with Crippen molar-refractivity contribution >= 4 is 40.7 Å². The number of halogens is 1. The van der Waals surface area contributed by atoms with Crippen LogP contribution in [0.4, 0.5) is 11.4 Å². The number of nitrogens with zero attached hydrogens (tertiary/aromatic N) is 1. The number of likely N-dealkylation sites (N-methyl/N-ethyl adjacent to an activating group) is 1. The standard InChI is InChI=1S/C25H24ClN3O4/c1-16-9-10-18(13-20(16)28-24(31)17-7-5-4-6-8-17)25(32)29(2)15-23(30)27-21-14-19(26)11-12-22(21)33-3/h4-14H,15H2,1-3H3,(H,27,30)(H,28,31). The van der Waals surface area contributed by atoms with Crippen LogP contribution in [0, 0.1) is 6.92 Å². The summed E-state index contributed by atoms with van der Waals surface area (Å²) in [6, 6.07) is 18.7. The molecule has 33 heavy (non-hydrogen) atoms. The first-order chi connectivity index (χ1) is 15.8. The maximum atomic E-state index is 12.9. The van der Waals surface area contributed by atoms with E-state index in [0.29, 0.717) is 33.3 Å². The van der Waals surface area contributed by atoms with Gasteiger partial charge >= 0.3 is 0 Å². The molecule has 0 aliphatic heterocycles. The molecule has 0 aromatic heterocycles.